The monoisotopic (exact) mass is 393 g/mol. The lowest BCUT2D eigenvalue weighted by Crippen LogP contribution is -2.48. The summed E-state index contributed by atoms with van der Waals surface area (Å²) in [6.45, 7) is 3.98. The van der Waals surface area contributed by atoms with Gasteiger partial charge in [-0.05, 0) is 54.6 Å². The summed E-state index contributed by atoms with van der Waals surface area (Å²) in [4.78, 5) is 12.3. The normalized spacial score (nSPS) is 20.5. The zero-order valence-electron chi connectivity index (χ0n) is 14.6. The molecule has 8 heteroatoms. The molecule has 0 saturated carbocycles. The zero-order chi connectivity index (χ0) is 18.6. The van der Waals surface area contributed by atoms with E-state index in [0.717, 1.165) is 25.1 Å². The zero-order valence-corrected chi connectivity index (χ0v) is 16.2. The first-order valence-electron chi connectivity index (χ1n) is 8.59. The Morgan fingerprint density at radius 2 is 2.04 bits per heavy atom. The SMILES string of the molecule is CC1CNCCC1NC(=O)Cc1ccc(NS(=O)(=O)c2cccs2)cc1. The van der Waals surface area contributed by atoms with Crippen molar-refractivity contribution in [3.8, 4) is 0 Å². The van der Waals surface area contributed by atoms with Gasteiger partial charge in [-0.15, -0.1) is 11.3 Å². The van der Waals surface area contributed by atoms with Crippen LogP contribution in [0.1, 0.15) is 18.9 Å². The number of nitrogens with one attached hydrogen (secondary N) is 3. The number of piperidine rings is 1. The number of rotatable bonds is 6. The molecule has 3 N–H and O–H groups in total. The van der Waals surface area contributed by atoms with Crippen molar-refractivity contribution in [2.75, 3.05) is 17.8 Å². The van der Waals surface area contributed by atoms with Crippen LogP contribution >= 0.6 is 11.3 Å². The average Bonchev–Trinajstić information content (AvgIpc) is 3.14. The fraction of sp³-hybridized carbons (Fsp3) is 0.389. The summed E-state index contributed by atoms with van der Waals surface area (Å²) in [6.07, 6.45) is 1.23. The smallest absolute Gasteiger partial charge is 0.271 e. The van der Waals surface area contributed by atoms with Gasteiger partial charge in [0.1, 0.15) is 4.21 Å². The predicted molar refractivity (Wildman–Crippen MR) is 104 cm³/mol. The highest BCUT2D eigenvalue weighted by molar-refractivity contribution is 7.94. The third-order valence-electron chi connectivity index (χ3n) is 4.46. The maximum Gasteiger partial charge on any atom is 0.271 e. The molecule has 140 valence electrons. The summed E-state index contributed by atoms with van der Waals surface area (Å²) < 4.78 is 27.2. The van der Waals surface area contributed by atoms with E-state index in [2.05, 4.69) is 22.3 Å². The third-order valence-corrected chi connectivity index (χ3v) is 7.24. The number of thiophene rings is 1. The van der Waals surface area contributed by atoms with Gasteiger partial charge in [-0.3, -0.25) is 9.52 Å². The molecule has 0 spiro atoms. The van der Waals surface area contributed by atoms with Crippen molar-refractivity contribution in [1.82, 2.24) is 10.6 Å². The van der Waals surface area contributed by atoms with Gasteiger partial charge in [0, 0.05) is 11.7 Å². The van der Waals surface area contributed by atoms with E-state index in [9.17, 15) is 13.2 Å². The van der Waals surface area contributed by atoms with Gasteiger partial charge in [-0.1, -0.05) is 25.1 Å². The molecule has 1 aromatic heterocycles. The number of hydrogen-bond acceptors (Lipinski definition) is 5. The summed E-state index contributed by atoms with van der Waals surface area (Å²) in [5.41, 5.74) is 1.33. The number of carbonyl (C=O) groups excluding carboxylic acids is 1. The number of hydrogen-bond donors (Lipinski definition) is 3. The van der Waals surface area contributed by atoms with E-state index in [0.29, 0.717) is 11.6 Å². The van der Waals surface area contributed by atoms with Crippen molar-refractivity contribution in [1.29, 1.82) is 0 Å². The Labute approximate surface area is 158 Å². The molecule has 1 aliphatic rings. The van der Waals surface area contributed by atoms with Crippen LogP contribution in [0.4, 0.5) is 5.69 Å². The molecule has 26 heavy (non-hydrogen) atoms. The van der Waals surface area contributed by atoms with Crippen LogP contribution in [0.3, 0.4) is 0 Å². The van der Waals surface area contributed by atoms with E-state index in [-0.39, 0.29) is 22.6 Å². The number of carbonyl (C=O) groups is 1. The van der Waals surface area contributed by atoms with Crippen molar-refractivity contribution in [2.24, 2.45) is 5.92 Å². The Hall–Kier alpha value is -1.90. The molecule has 2 heterocycles. The third kappa shape index (κ3) is 4.84. The summed E-state index contributed by atoms with van der Waals surface area (Å²) in [6, 6.07) is 10.4. The van der Waals surface area contributed by atoms with E-state index >= 15 is 0 Å². The summed E-state index contributed by atoms with van der Waals surface area (Å²) >= 11 is 1.17. The Bertz CT molecular complexity index is 833. The molecular weight excluding hydrogens is 370 g/mol. The number of benzene rings is 1. The van der Waals surface area contributed by atoms with E-state index in [1.807, 2.05) is 0 Å². The largest absolute Gasteiger partial charge is 0.353 e. The Morgan fingerprint density at radius 1 is 1.27 bits per heavy atom. The topological polar surface area (TPSA) is 87.3 Å². The quantitative estimate of drug-likeness (QED) is 0.702. The van der Waals surface area contributed by atoms with E-state index in [1.165, 1.54) is 11.3 Å². The molecule has 6 nitrogen and oxygen atoms in total. The van der Waals surface area contributed by atoms with Crippen LogP contribution < -0.4 is 15.4 Å². The maximum absolute atomic E-state index is 12.3. The number of amides is 1. The molecule has 1 aromatic carbocycles. The molecule has 2 atom stereocenters. The second-order valence-electron chi connectivity index (χ2n) is 6.56. The number of anilines is 1. The van der Waals surface area contributed by atoms with Crippen LogP contribution in [-0.4, -0.2) is 33.5 Å². The van der Waals surface area contributed by atoms with Gasteiger partial charge >= 0.3 is 0 Å². The Kier molecular flexibility index (Phi) is 5.95. The Balaban J connectivity index is 1.56. The standard InChI is InChI=1S/C18H23N3O3S2/c1-13-12-19-9-8-16(13)20-17(22)11-14-4-6-15(7-5-14)21-26(23,24)18-3-2-10-25-18/h2-7,10,13,16,19,21H,8-9,11-12H2,1H3,(H,20,22). The second kappa shape index (κ2) is 8.20. The van der Waals surface area contributed by atoms with Crippen molar-refractivity contribution in [3.63, 3.8) is 0 Å². The van der Waals surface area contributed by atoms with Gasteiger partial charge in [0.15, 0.2) is 0 Å². The number of sulfonamides is 1. The molecular formula is C18H23N3O3S2. The van der Waals surface area contributed by atoms with Crippen molar-refractivity contribution in [2.45, 2.75) is 30.0 Å². The van der Waals surface area contributed by atoms with Crippen LogP contribution in [0, 0.1) is 5.92 Å². The highest BCUT2D eigenvalue weighted by Crippen LogP contribution is 2.20. The van der Waals surface area contributed by atoms with Crippen LogP contribution in [-0.2, 0) is 21.2 Å². The second-order valence-corrected chi connectivity index (χ2v) is 9.41. The summed E-state index contributed by atoms with van der Waals surface area (Å²) in [7, 11) is -3.55. The van der Waals surface area contributed by atoms with Crippen LogP contribution in [0.2, 0.25) is 0 Å². The minimum atomic E-state index is -3.55. The van der Waals surface area contributed by atoms with Crippen LogP contribution in [0.25, 0.3) is 0 Å². The minimum absolute atomic E-state index is 0.00401. The summed E-state index contributed by atoms with van der Waals surface area (Å²) in [5.74, 6) is 0.414. The maximum atomic E-state index is 12.3. The van der Waals surface area contributed by atoms with Gasteiger partial charge in [0.05, 0.1) is 6.42 Å². The molecule has 1 fully saturated rings. The van der Waals surface area contributed by atoms with Gasteiger partial charge < -0.3 is 10.6 Å². The van der Waals surface area contributed by atoms with Crippen molar-refractivity contribution in [3.05, 3.63) is 47.3 Å². The first-order valence-corrected chi connectivity index (χ1v) is 11.0. The fourth-order valence-corrected chi connectivity index (χ4v) is 5.04. The minimum Gasteiger partial charge on any atom is -0.353 e. The highest BCUT2D eigenvalue weighted by atomic mass is 32.2. The molecule has 1 amide bonds. The fourth-order valence-electron chi connectivity index (χ4n) is 2.98. The van der Waals surface area contributed by atoms with E-state index < -0.39 is 10.0 Å². The molecule has 2 unspecified atom stereocenters. The average molecular weight is 394 g/mol. The lowest BCUT2D eigenvalue weighted by Gasteiger charge is -2.30. The highest BCUT2D eigenvalue weighted by Gasteiger charge is 2.22. The lowest BCUT2D eigenvalue weighted by molar-refractivity contribution is -0.121. The summed E-state index contributed by atoms with van der Waals surface area (Å²) in [5, 5.41) is 8.14. The molecule has 0 bridgehead atoms. The molecule has 1 saturated heterocycles. The van der Waals surface area contributed by atoms with Gasteiger partial charge in [0.2, 0.25) is 5.91 Å². The first kappa shape index (κ1) is 18.9. The molecule has 3 rings (SSSR count). The first-order chi connectivity index (χ1) is 12.4. The molecule has 0 radical (unpaired) electrons. The Morgan fingerprint density at radius 3 is 2.69 bits per heavy atom. The molecule has 0 aliphatic carbocycles. The molecule has 1 aliphatic heterocycles. The van der Waals surface area contributed by atoms with Crippen molar-refractivity contribution >= 4 is 33.0 Å². The van der Waals surface area contributed by atoms with Gasteiger partial charge in [-0.2, -0.15) is 0 Å². The van der Waals surface area contributed by atoms with E-state index in [4.69, 9.17) is 0 Å². The van der Waals surface area contributed by atoms with Crippen LogP contribution in [0.15, 0.2) is 46.0 Å². The van der Waals surface area contributed by atoms with Gasteiger partial charge in [0.25, 0.3) is 10.0 Å². The predicted octanol–water partition coefficient (Wildman–Crippen LogP) is 2.21. The van der Waals surface area contributed by atoms with Crippen LogP contribution in [0.5, 0.6) is 0 Å². The van der Waals surface area contributed by atoms with E-state index in [1.54, 1.807) is 41.8 Å². The lowest BCUT2D eigenvalue weighted by atomic mass is 9.95. The molecule has 2 aromatic rings. The van der Waals surface area contributed by atoms with Crippen molar-refractivity contribution < 1.29 is 13.2 Å². The van der Waals surface area contributed by atoms with Gasteiger partial charge in [-0.25, -0.2) is 8.42 Å².